The average Bonchev–Trinajstić information content (AvgIpc) is 3.25. The molecule has 132 valence electrons. The highest BCUT2D eigenvalue weighted by Gasteiger charge is 2.17. The Bertz CT molecular complexity index is 1040. The van der Waals surface area contributed by atoms with Crippen LogP contribution in [-0.4, -0.2) is 14.8 Å². The number of nitrogens with zero attached hydrogens (tertiary/aromatic N) is 3. The van der Waals surface area contributed by atoms with Crippen LogP contribution in [0.25, 0.3) is 22.6 Å². The minimum Gasteiger partial charge on any atom is -0.453 e. The first-order chi connectivity index (χ1) is 12.7. The fourth-order valence-electron chi connectivity index (χ4n) is 2.73. The van der Waals surface area contributed by atoms with Crippen molar-refractivity contribution in [3.8, 4) is 11.6 Å². The van der Waals surface area contributed by atoms with Crippen LogP contribution in [0.3, 0.4) is 0 Å². The van der Waals surface area contributed by atoms with E-state index in [9.17, 15) is 0 Å². The zero-order valence-electron chi connectivity index (χ0n) is 13.9. The Morgan fingerprint density at radius 1 is 1.04 bits per heavy atom. The molecule has 4 aromatic rings. The van der Waals surface area contributed by atoms with E-state index in [1.54, 1.807) is 11.8 Å². The van der Waals surface area contributed by atoms with Crippen molar-refractivity contribution in [1.82, 2.24) is 14.8 Å². The van der Waals surface area contributed by atoms with Crippen LogP contribution in [0.1, 0.15) is 12.5 Å². The summed E-state index contributed by atoms with van der Waals surface area (Å²) < 4.78 is 7.99. The van der Waals surface area contributed by atoms with Crippen molar-refractivity contribution in [2.24, 2.45) is 0 Å². The molecule has 0 saturated heterocycles. The second-order valence-electron chi connectivity index (χ2n) is 5.74. The summed E-state index contributed by atoms with van der Waals surface area (Å²) in [7, 11) is 0. The molecular weight excluding hydrogens is 389 g/mol. The molecule has 2 aromatic heterocycles. The largest absolute Gasteiger partial charge is 0.453 e. The van der Waals surface area contributed by atoms with Crippen LogP contribution in [0.5, 0.6) is 0 Å². The van der Waals surface area contributed by atoms with Gasteiger partial charge in [-0.15, -0.1) is 10.2 Å². The number of aromatic nitrogens is 3. The molecule has 7 heteroatoms. The minimum absolute atomic E-state index is 0.560. The number of thioether (sulfide) groups is 1. The summed E-state index contributed by atoms with van der Waals surface area (Å²) in [6, 6.07) is 15.6. The third-order valence-electron chi connectivity index (χ3n) is 4.03. The average molecular weight is 404 g/mol. The predicted molar refractivity (Wildman–Crippen MR) is 107 cm³/mol. The Morgan fingerprint density at radius 3 is 2.65 bits per heavy atom. The lowest BCUT2D eigenvalue weighted by Crippen LogP contribution is -1.99. The van der Waals surface area contributed by atoms with Crippen LogP contribution in [0.15, 0.2) is 58.1 Å². The van der Waals surface area contributed by atoms with E-state index in [4.69, 9.17) is 27.6 Å². The van der Waals surface area contributed by atoms with Crippen LogP contribution in [0.2, 0.25) is 10.0 Å². The lowest BCUT2D eigenvalue weighted by molar-refractivity contribution is 0.607. The summed E-state index contributed by atoms with van der Waals surface area (Å²) in [4.78, 5) is 0. The third kappa shape index (κ3) is 3.34. The molecule has 2 aromatic carbocycles. The molecule has 4 rings (SSSR count). The van der Waals surface area contributed by atoms with Crippen molar-refractivity contribution in [2.75, 3.05) is 0 Å². The van der Waals surface area contributed by atoms with Gasteiger partial charge in [-0.2, -0.15) is 0 Å². The maximum absolute atomic E-state index is 6.09. The van der Waals surface area contributed by atoms with Crippen molar-refractivity contribution < 1.29 is 4.42 Å². The standard InChI is InChI=1S/C19H15Cl2N3OS/c1-2-24-18(17-10-13-5-3-4-6-16(13)25-17)22-23-19(24)26-11-12-7-8-14(20)15(21)9-12/h3-10H,2,11H2,1H3. The van der Waals surface area contributed by atoms with E-state index in [-0.39, 0.29) is 0 Å². The van der Waals surface area contributed by atoms with E-state index in [2.05, 4.69) is 21.7 Å². The van der Waals surface area contributed by atoms with E-state index in [0.717, 1.165) is 45.6 Å². The van der Waals surface area contributed by atoms with Gasteiger partial charge in [0.1, 0.15) is 5.58 Å². The van der Waals surface area contributed by atoms with Gasteiger partial charge in [0.05, 0.1) is 10.0 Å². The third-order valence-corrected chi connectivity index (χ3v) is 5.81. The number of hydrogen-bond acceptors (Lipinski definition) is 4. The highest BCUT2D eigenvalue weighted by atomic mass is 35.5. The molecule has 0 unspecified atom stereocenters. The Kier molecular flexibility index (Phi) is 4.94. The van der Waals surface area contributed by atoms with Crippen molar-refractivity contribution in [3.05, 3.63) is 64.1 Å². The SMILES string of the molecule is CCn1c(SCc2ccc(Cl)c(Cl)c2)nnc1-c1cc2ccccc2o1. The van der Waals surface area contributed by atoms with Gasteiger partial charge >= 0.3 is 0 Å². The zero-order chi connectivity index (χ0) is 18.1. The molecule has 0 spiro atoms. The Balaban J connectivity index is 1.61. The molecule has 0 amide bonds. The molecule has 0 radical (unpaired) electrons. The molecule has 0 saturated carbocycles. The second kappa shape index (κ2) is 7.35. The van der Waals surface area contributed by atoms with Crippen LogP contribution in [0, 0.1) is 0 Å². The van der Waals surface area contributed by atoms with Gasteiger partial charge in [-0.3, -0.25) is 4.57 Å². The van der Waals surface area contributed by atoms with E-state index in [0.29, 0.717) is 10.0 Å². The van der Waals surface area contributed by atoms with Gasteiger partial charge in [0.25, 0.3) is 0 Å². The molecule has 2 heterocycles. The lowest BCUT2D eigenvalue weighted by Gasteiger charge is -2.06. The first kappa shape index (κ1) is 17.5. The van der Waals surface area contributed by atoms with E-state index in [1.165, 1.54) is 0 Å². The van der Waals surface area contributed by atoms with Crippen molar-refractivity contribution >= 4 is 45.9 Å². The van der Waals surface area contributed by atoms with Gasteiger partial charge in [0, 0.05) is 17.7 Å². The Hall–Kier alpha value is -1.95. The van der Waals surface area contributed by atoms with Crippen molar-refractivity contribution in [2.45, 2.75) is 24.4 Å². The summed E-state index contributed by atoms with van der Waals surface area (Å²) in [6.07, 6.45) is 0. The Morgan fingerprint density at radius 2 is 1.88 bits per heavy atom. The molecule has 26 heavy (non-hydrogen) atoms. The molecule has 0 N–H and O–H groups in total. The minimum atomic E-state index is 0.560. The topological polar surface area (TPSA) is 43.9 Å². The molecule has 0 aliphatic heterocycles. The summed E-state index contributed by atoms with van der Waals surface area (Å²) >= 11 is 13.7. The van der Waals surface area contributed by atoms with Gasteiger partial charge in [-0.05, 0) is 36.8 Å². The summed E-state index contributed by atoms with van der Waals surface area (Å²) in [5.74, 6) is 2.19. The molecule has 0 aliphatic carbocycles. The fraction of sp³-hybridized carbons (Fsp3) is 0.158. The number of fused-ring (bicyclic) bond motifs is 1. The van der Waals surface area contributed by atoms with Crippen molar-refractivity contribution in [3.63, 3.8) is 0 Å². The zero-order valence-corrected chi connectivity index (χ0v) is 16.3. The molecular formula is C19H15Cl2N3OS. The van der Waals surface area contributed by atoms with E-state index >= 15 is 0 Å². The van der Waals surface area contributed by atoms with Gasteiger partial charge in [-0.25, -0.2) is 0 Å². The number of halogens is 2. The summed E-state index contributed by atoms with van der Waals surface area (Å²) in [5.41, 5.74) is 1.93. The predicted octanol–water partition coefficient (Wildman–Crippen LogP) is 6.31. The smallest absolute Gasteiger partial charge is 0.200 e. The normalized spacial score (nSPS) is 11.3. The maximum atomic E-state index is 6.09. The van der Waals surface area contributed by atoms with Crippen molar-refractivity contribution in [1.29, 1.82) is 0 Å². The highest BCUT2D eigenvalue weighted by Crippen LogP contribution is 2.31. The molecule has 0 aliphatic rings. The summed E-state index contributed by atoms with van der Waals surface area (Å²) in [5, 5.41) is 11.7. The monoisotopic (exact) mass is 403 g/mol. The second-order valence-corrected chi connectivity index (χ2v) is 7.49. The molecule has 4 nitrogen and oxygen atoms in total. The highest BCUT2D eigenvalue weighted by molar-refractivity contribution is 7.98. The molecule has 0 bridgehead atoms. The van der Waals surface area contributed by atoms with Gasteiger partial charge in [-0.1, -0.05) is 59.2 Å². The Labute approximate surface area is 165 Å². The number of hydrogen-bond donors (Lipinski definition) is 0. The number of benzene rings is 2. The number of para-hydroxylation sites is 1. The maximum Gasteiger partial charge on any atom is 0.200 e. The number of furan rings is 1. The number of rotatable bonds is 5. The van der Waals surface area contributed by atoms with Gasteiger partial charge in [0.2, 0.25) is 5.82 Å². The van der Waals surface area contributed by atoms with E-state index < -0.39 is 0 Å². The van der Waals surface area contributed by atoms with Crippen LogP contribution in [0.4, 0.5) is 0 Å². The van der Waals surface area contributed by atoms with Gasteiger partial charge < -0.3 is 4.42 Å². The first-order valence-corrected chi connectivity index (χ1v) is 9.88. The van der Waals surface area contributed by atoms with Gasteiger partial charge in [0.15, 0.2) is 10.9 Å². The van der Waals surface area contributed by atoms with Crippen LogP contribution < -0.4 is 0 Å². The van der Waals surface area contributed by atoms with Crippen LogP contribution >= 0.6 is 35.0 Å². The molecule has 0 fully saturated rings. The van der Waals surface area contributed by atoms with E-state index in [1.807, 2.05) is 48.5 Å². The molecule has 0 atom stereocenters. The quantitative estimate of drug-likeness (QED) is 0.366. The van der Waals surface area contributed by atoms with Crippen LogP contribution in [-0.2, 0) is 12.3 Å². The first-order valence-electron chi connectivity index (χ1n) is 8.14. The fourth-order valence-corrected chi connectivity index (χ4v) is 4.00. The summed E-state index contributed by atoms with van der Waals surface area (Å²) in [6.45, 7) is 2.82. The lowest BCUT2D eigenvalue weighted by atomic mass is 10.2.